The fraction of sp³-hybridized carbons (Fsp3) is 0.833. The van der Waals surface area contributed by atoms with E-state index in [4.69, 9.17) is 4.74 Å². The van der Waals surface area contributed by atoms with Gasteiger partial charge in [0, 0.05) is 25.3 Å². The number of amides is 1. The van der Waals surface area contributed by atoms with Crippen LogP contribution < -0.4 is 5.32 Å². The average Bonchev–Trinajstić information content (AvgIpc) is 2.61. The number of hydrogen-bond acceptors (Lipinski definition) is 3. The van der Waals surface area contributed by atoms with Gasteiger partial charge in [0.05, 0.1) is 6.61 Å². The lowest BCUT2D eigenvalue weighted by atomic mass is 10.0. The second-order valence-corrected chi connectivity index (χ2v) is 4.66. The fourth-order valence-corrected chi connectivity index (χ4v) is 1.93. The minimum atomic E-state index is -0.139. The summed E-state index contributed by atoms with van der Waals surface area (Å²) in [5.41, 5.74) is 0. The highest BCUT2D eigenvalue weighted by Gasteiger charge is 2.22. The molecule has 92 valence electrons. The lowest BCUT2D eigenvalue weighted by Crippen LogP contribution is -2.18. The quantitative estimate of drug-likeness (QED) is 0.699. The van der Waals surface area contributed by atoms with Crippen LogP contribution in [0.15, 0.2) is 0 Å². The van der Waals surface area contributed by atoms with Gasteiger partial charge in [-0.2, -0.15) is 0 Å². The van der Waals surface area contributed by atoms with E-state index >= 15 is 0 Å². The van der Waals surface area contributed by atoms with E-state index in [9.17, 15) is 9.59 Å². The number of carbonyl (C=O) groups excluding carboxylic acids is 2. The molecule has 0 spiro atoms. The molecule has 1 heterocycles. The lowest BCUT2D eigenvalue weighted by Gasteiger charge is -2.11. The zero-order valence-electron chi connectivity index (χ0n) is 10.1. The predicted molar refractivity (Wildman–Crippen MR) is 60.8 cm³/mol. The molecular formula is C12H21NO3. The molecule has 4 heteroatoms. The molecule has 0 unspecified atom stereocenters. The van der Waals surface area contributed by atoms with E-state index in [1.807, 2.05) is 0 Å². The van der Waals surface area contributed by atoms with Crippen LogP contribution in [0.25, 0.3) is 0 Å². The number of hydrogen-bond donors (Lipinski definition) is 1. The Labute approximate surface area is 96.7 Å². The molecule has 1 rings (SSSR count). The summed E-state index contributed by atoms with van der Waals surface area (Å²) in [6, 6.07) is 0. The highest BCUT2D eigenvalue weighted by Crippen LogP contribution is 2.13. The van der Waals surface area contributed by atoms with Crippen LogP contribution in [0.5, 0.6) is 0 Å². The van der Waals surface area contributed by atoms with E-state index in [2.05, 4.69) is 19.2 Å². The lowest BCUT2D eigenvalue weighted by molar-refractivity contribution is -0.146. The maximum absolute atomic E-state index is 11.4. The predicted octanol–water partition coefficient (Wildman–Crippen LogP) is 1.49. The van der Waals surface area contributed by atoms with Crippen molar-refractivity contribution in [3.8, 4) is 0 Å². The molecule has 0 radical (unpaired) electrons. The largest absolute Gasteiger partial charge is 0.465 e. The fourth-order valence-electron chi connectivity index (χ4n) is 1.93. The van der Waals surface area contributed by atoms with E-state index in [0.29, 0.717) is 31.9 Å². The van der Waals surface area contributed by atoms with E-state index in [0.717, 1.165) is 12.8 Å². The normalized spacial score (nSPS) is 21.6. The Morgan fingerprint density at radius 2 is 2.38 bits per heavy atom. The number of rotatable bonds is 6. The Hall–Kier alpha value is -1.06. The average molecular weight is 227 g/mol. The summed E-state index contributed by atoms with van der Waals surface area (Å²) in [5.74, 6) is 0.472. The van der Waals surface area contributed by atoms with Crippen molar-refractivity contribution in [3.05, 3.63) is 0 Å². The van der Waals surface area contributed by atoms with Crippen molar-refractivity contribution in [3.63, 3.8) is 0 Å². The molecule has 1 N–H and O–H groups in total. The second-order valence-electron chi connectivity index (χ2n) is 4.66. The molecule has 0 aromatic carbocycles. The molecule has 0 aromatic heterocycles. The first-order chi connectivity index (χ1) is 7.61. The van der Waals surface area contributed by atoms with Crippen LogP contribution in [0.2, 0.25) is 0 Å². The Morgan fingerprint density at radius 3 is 2.94 bits per heavy atom. The van der Waals surface area contributed by atoms with Crippen molar-refractivity contribution in [2.24, 2.45) is 11.8 Å². The third kappa shape index (κ3) is 4.64. The number of ether oxygens (including phenoxy) is 1. The van der Waals surface area contributed by atoms with Crippen LogP contribution in [0, 0.1) is 11.8 Å². The summed E-state index contributed by atoms with van der Waals surface area (Å²) >= 11 is 0. The Morgan fingerprint density at radius 1 is 1.62 bits per heavy atom. The van der Waals surface area contributed by atoms with Gasteiger partial charge in [-0.15, -0.1) is 0 Å². The monoisotopic (exact) mass is 227 g/mol. The molecule has 0 saturated carbocycles. The van der Waals surface area contributed by atoms with E-state index in [-0.39, 0.29) is 17.8 Å². The van der Waals surface area contributed by atoms with Crippen molar-refractivity contribution in [1.29, 1.82) is 0 Å². The van der Waals surface area contributed by atoms with Gasteiger partial charge in [0.1, 0.15) is 0 Å². The minimum absolute atomic E-state index is 0.0559. The maximum atomic E-state index is 11.4. The molecule has 1 aliphatic rings. The summed E-state index contributed by atoms with van der Waals surface area (Å²) in [6.07, 6.45) is 3.12. The van der Waals surface area contributed by atoms with Crippen molar-refractivity contribution in [2.75, 3.05) is 13.2 Å². The molecule has 4 nitrogen and oxygen atoms in total. The summed E-state index contributed by atoms with van der Waals surface area (Å²) in [5, 5.41) is 2.72. The van der Waals surface area contributed by atoms with Crippen molar-refractivity contribution < 1.29 is 14.3 Å². The van der Waals surface area contributed by atoms with Crippen LogP contribution in [-0.2, 0) is 14.3 Å². The molecule has 1 fully saturated rings. The third-order valence-corrected chi connectivity index (χ3v) is 2.84. The third-order valence-electron chi connectivity index (χ3n) is 2.84. The van der Waals surface area contributed by atoms with Gasteiger partial charge in [0.25, 0.3) is 0 Å². The molecule has 1 amide bonds. The van der Waals surface area contributed by atoms with E-state index in [1.54, 1.807) is 0 Å². The van der Waals surface area contributed by atoms with Gasteiger partial charge in [-0.05, 0) is 5.92 Å². The number of esters is 1. The maximum Gasteiger partial charge on any atom is 0.306 e. The zero-order chi connectivity index (χ0) is 12.0. The van der Waals surface area contributed by atoms with Crippen LogP contribution in [0.1, 0.15) is 39.5 Å². The van der Waals surface area contributed by atoms with Gasteiger partial charge in [-0.1, -0.05) is 26.7 Å². The van der Waals surface area contributed by atoms with Crippen LogP contribution >= 0.6 is 0 Å². The van der Waals surface area contributed by atoms with Crippen molar-refractivity contribution in [1.82, 2.24) is 5.32 Å². The topological polar surface area (TPSA) is 55.4 Å². The summed E-state index contributed by atoms with van der Waals surface area (Å²) in [6.45, 7) is 5.18. The molecule has 0 aromatic rings. The highest BCUT2D eigenvalue weighted by molar-refractivity contribution is 5.78. The summed E-state index contributed by atoms with van der Waals surface area (Å²) in [4.78, 5) is 22.3. The molecule has 1 aliphatic heterocycles. The van der Waals surface area contributed by atoms with Gasteiger partial charge >= 0.3 is 5.97 Å². The molecule has 0 bridgehead atoms. The van der Waals surface area contributed by atoms with Gasteiger partial charge in [-0.25, -0.2) is 0 Å². The first-order valence-corrected chi connectivity index (χ1v) is 6.04. The van der Waals surface area contributed by atoms with Crippen molar-refractivity contribution >= 4 is 11.9 Å². The Bertz CT molecular complexity index is 253. The standard InChI is InChI=1S/C12H21NO3/c1-3-4-9(2)5-12(15)16-8-10-6-11(14)13-7-10/h9-10H,3-8H2,1-2H3,(H,13,14)/t9-,10-/m0/s1. The highest BCUT2D eigenvalue weighted by atomic mass is 16.5. The van der Waals surface area contributed by atoms with Gasteiger partial charge in [0.2, 0.25) is 5.91 Å². The van der Waals surface area contributed by atoms with E-state index in [1.165, 1.54) is 0 Å². The van der Waals surface area contributed by atoms with Crippen molar-refractivity contribution in [2.45, 2.75) is 39.5 Å². The SMILES string of the molecule is CCC[C@H](C)CC(=O)OC[C@@H]1CNC(=O)C1. The summed E-state index contributed by atoms with van der Waals surface area (Å²) < 4.78 is 5.16. The Kier molecular flexibility index (Phi) is 5.29. The molecule has 1 saturated heterocycles. The molecule has 0 aliphatic carbocycles. The number of carbonyl (C=O) groups is 2. The molecule has 16 heavy (non-hydrogen) atoms. The smallest absolute Gasteiger partial charge is 0.306 e. The van der Waals surface area contributed by atoms with Gasteiger partial charge < -0.3 is 10.1 Å². The number of nitrogens with one attached hydrogen (secondary N) is 1. The first kappa shape index (κ1) is 13.0. The zero-order valence-corrected chi connectivity index (χ0v) is 10.1. The Balaban J connectivity index is 2.12. The van der Waals surface area contributed by atoms with E-state index < -0.39 is 0 Å². The van der Waals surface area contributed by atoms with Crippen LogP contribution in [0.4, 0.5) is 0 Å². The summed E-state index contributed by atoms with van der Waals surface area (Å²) in [7, 11) is 0. The molecular weight excluding hydrogens is 206 g/mol. The van der Waals surface area contributed by atoms with Crippen LogP contribution in [-0.4, -0.2) is 25.0 Å². The van der Waals surface area contributed by atoms with Crippen LogP contribution in [0.3, 0.4) is 0 Å². The molecule has 2 atom stereocenters. The minimum Gasteiger partial charge on any atom is -0.465 e. The van der Waals surface area contributed by atoms with Gasteiger partial charge in [0.15, 0.2) is 0 Å². The first-order valence-electron chi connectivity index (χ1n) is 6.04. The van der Waals surface area contributed by atoms with Gasteiger partial charge in [-0.3, -0.25) is 9.59 Å². The second kappa shape index (κ2) is 6.51.